The van der Waals surface area contributed by atoms with Gasteiger partial charge < -0.3 is 26.4 Å². The second kappa shape index (κ2) is 22.8. The summed E-state index contributed by atoms with van der Waals surface area (Å²) in [6.45, 7) is 8.23. The second-order valence-corrected chi connectivity index (χ2v) is 14.7. The van der Waals surface area contributed by atoms with Crippen LogP contribution in [0.3, 0.4) is 0 Å². The first-order valence-corrected chi connectivity index (χ1v) is 19.8. The van der Waals surface area contributed by atoms with E-state index in [1.165, 1.54) is 0 Å². The molecule has 11 nitrogen and oxygen atoms in total. The van der Waals surface area contributed by atoms with Crippen LogP contribution in [0.1, 0.15) is 75.9 Å². The van der Waals surface area contributed by atoms with E-state index >= 15 is 0 Å². The maximum atomic E-state index is 14.2. The summed E-state index contributed by atoms with van der Waals surface area (Å²) >= 11 is 0. The van der Waals surface area contributed by atoms with Crippen molar-refractivity contribution in [2.75, 3.05) is 0 Å². The Morgan fingerprint density at radius 2 is 0.929 bits per heavy atom. The van der Waals surface area contributed by atoms with Crippen molar-refractivity contribution in [1.29, 1.82) is 0 Å². The van der Waals surface area contributed by atoms with E-state index in [4.69, 9.17) is 0 Å². The van der Waals surface area contributed by atoms with Gasteiger partial charge in [-0.25, -0.2) is 0 Å². The third-order valence-corrected chi connectivity index (χ3v) is 10.4. The van der Waals surface area contributed by atoms with Crippen LogP contribution in [0, 0.1) is 23.7 Å². The summed E-state index contributed by atoms with van der Waals surface area (Å²) in [5.74, 6) is -3.05. The number of nitrogens with one attached hydrogen (secondary N) is 4. The van der Waals surface area contributed by atoms with Gasteiger partial charge in [0.15, 0.2) is 0 Å². The molecule has 0 fully saturated rings. The molecule has 0 aliphatic rings. The zero-order valence-electron chi connectivity index (χ0n) is 33.1. The molecule has 56 heavy (non-hydrogen) atoms. The fourth-order valence-electron chi connectivity index (χ4n) is 6.64. The van der Waals surface area contributed by atoms with Gasteiger partial charge in [-0.15, -0.1) is 0 Å². The predicted molar refractivity (Wildman–Crippen MR) is 217 cm³/mol. The van der Waals surface area contributed by atoms with Crippen molar-refractivity contribution >= 4 is 23.6 Å². The number of carbonyl (C=O) groups is 4. The van der Waals surface area contributed by atoms with Crippen LogP contribution >= 0.6 is 0 Å². The number of amides is 4. The van der Waals surface area contributed by atoms with Crippen LogP contribution in [-0.2, 0) is 45.1 Å². The molecule has 5 N–H and O–H groups in total. The maximum absolute atomic E-state index is 14.2. The quantitative estimate of drug-likeness (QED) is 0.0723. The lowest BCUT2D eigenvalue weighted by Gasteiger charge is -2.29. The number of hydrogen-bond donors (Lipinski definition) is 5. The highest BCUT2D eigenvalue weighted by atomic mass is 16.3. The third kappa shape index (κ3) is 14.0. The van der Waals surface area contributed by atoms with E-state index in [9.17, 15) is 24.3 Å². The van der Waals surface area contributed by atoms with Gasteiger partial charge in [0.05, 0.1) is 30.6 Å². The molecule has 2 heterocycles. The molecule has 298 valence electrons. The van der Waals surface area contributed by atoms with Gasteiger partial charge in [0.2, 0.25) is 23.6 Å². The molecule has 4 amide bonds. The molecule has 0 radical (unpaired) electrons. The number of carbonyl (C=O) groups excluding carboxylic acids is 4. The number of benzene rings is 2. The summed E-state index contributed by atoms with van der Waals surface area (Å²) in [5.41, 5.74) is 3.22. The van der Waals surface area contributed by atoms with E-state index in [1.54, 1.807) is 24.5 Å². The zero-order valence-corrected chi connectivity index (χ0v) is 33.1. The fourth-order valence-corrected chi connectivity index (χ4v) is 6.64. The number of aliphatic hydroxyl groups excluding tert-OH is 1. The van der Waals surface area contributed by atoms with Gasteiger partial charge in [0.25, 0.3) is 0 Å². The Kier molecular flexibility index (Phi) is 17.7. The number of rotatable bonds is 22. The van der Waals surface area contributed by atoms with Gasteiger partial charge in [-0.1, -0.05) is 113 Å². The summed E-state index contributed by atoms with van der Waals surface area (Å²) in [6, 6.07) is 28.5. The largest absolute Gasteiger partial charge is 0.393 e. The Morgan fingerprint density at radius 1 is 0.554 bits per heavy atom. The Balaban J connectivity index is 1.52. The lowest BCUT2D eigenvalue weighted by molar-refractivity contribution is -0.134. The number of aliphatic hydroxyl groups is 1. The minimum Gasteiger partial charge on any atom is -0.393 e. The van der Waals surface area contributed by atoms with E-state index in [0.717, 1.165) is 11.1 Å². The van der Waals surface area contributed by atoms with E-state index in [2.05, 4.69) is 31.2 Å². The number of hydrogen-bond acceptors (Lipinski definition) is 7. The van der Waals surface area contributed by atoms with E-state index in [0.29, 0.717) is 37.1 Å². The van der Waals surface area contributed by atoms with Crippen LogP contribution in [0.25, 0.3) is 0 Å². The van der Waals surface area contributed by atoms with Crippen molar-refractivity contribution in [1.82, 2.24) is 31.2 Å². The Bertz CT molecular complexity index is 1650. The first-order chi connectivity index (χ1) is 27.1. The SMILES string of the molecule is CC[C@H](C)[C@H](NC(=O)[C@H](Cc1ccccc1)CC(O)C[C@H](Cc1ccccc1)C(=O)N[C@@H](C(=O)NCc1ccccn1)[C@@H](C)CC)C(=O)NCc1ccccn1. The molecule has 2 aromatic heterocycles. The van der Waals surface area contributed by atoms with E-state index < -0.39 is 30.0 Å². The molecule has 0 saturated carbocycles. The summed E-state index contributed by atoms with van der Waals surface area (Å²) in [6.07, 6.45) is 4.36. The molecule has 0 aliphatic carbocycles. The third-order valence-electron chi connectivity index (χ3n) is 10.4. The molecular weight excluding hydrogens is 705 g/mol. The highest BCUT2D eigenvalue weighted by Gasteiger charge is 2.33. The average molecular weight is 763 g/mol. The molecule has 0 aliphatic heterocycles. The van der Waals surface area contributed by atoms with Crippen LogP contribution in [0.5, 0.6) is 0 Å². The maximum Gasteiger partial charge on any atom is 0.243 e. The lowest BCUT2D eigenvalue weighted by Crippen LogP contribution is -2.52. The minimum atomic E-state index is -1.05. The van der Waals surface area contributed by atoms with E-state index in [-0.39, 0.29) is 61.4 Å². The van der Waals surface area contributed by atoms with Crippen LogP contribution in [0.2, 0.25) is 0 Å². The van der Waals surface area contributed by atoms with Gasteiger partial charge in [-0.3, -0.25) is 29.1 Å². The molecule has 11 heteroatoms. The van der Waals surface area contributed by atoms with Crippen molar-refractivity contribution in [2.45, 2.75) is 97.5 Å². The Morgan fingerprint density at radius 3 is 1.27 bits per heavy atom. The average Bonchev–Trinajstić information content (AvgIpc) is 3.23. The van der Waals surface area contributed by atoms with Crippen molar-refractivity contribution in [3.8, 4) is 0 Å². The minimum absolute atomic E-state index is 0.0570. The highest BCUT2D eigenvalue weighted by Crippen LogP contribution is 2.23. The highest BCUT2D eigenvalue weighted by molar-refractivity contribution is 5.89. The standard InChI is InChI=1S/C45H58N6O5/c1-5-31(3)40(44(55)48-29-37-21-13-15-23-46-37)50-42(53)35(25-33-17-9-7-10-18-33)27-39(52)28-36(26-34-19-11-8-12-20-34)43(54)51-41(32(4)6-2)45(56)49-30-38-22-14-16-24-47-38/h7-24,31-32,35-36,39-41,52H,5-6,25-30H2,1-4H3,(H,48,55)(H,49,56)(H,50,53)(H,51,54)/t31-,32-,35-,36+,39?,40+,41-/m0/s1. The van der Waals surface area contributed by atoms with Crippen molar-refractivity contribution in [2.24, 2.45) is 23.7 Å². The van der Waals surface area contributed by atoms with Gasteiger partial charge >= 0.3 is 0 Å². The smallest absolute Gasteiger partial charge is 0.243 e. The number of aromatic nitrogens is 2. The topological polar surface area (TPSA) is 162 Å². The monoisotopic (exact) mass is 762 g/mol. The second-order valence-electron chi connectivity index (χ2n) is 14.7. The van der Waals surface area contributed by atoms with Gasteiger partial charge in [0, 0.05) is 24.2 Å². The molecule has 1 unspecified atom stereocenters. The molecule has 4 aromatic rings. The van der Waals surface area contributed by atoms with Crippen molar-refractivity contribution < 1.29 is 24.3 Å². The van der Waals surface area contributed by atoms with Crippen LogP contribution in [0.4, 0.5) is 0 Å². The molecule has 0 bridgehead atoms. The zero-order chi connectivity index (χ0) is 40.3. The summed E-state index contributed by atoms with van der Waals surface area (Å²) < 4.78 is 0. The number of nitrogens with zero attached hydrogens (tertiary/aromatic N) is 2. The molecule has 7 atom stereocenters. The van der Waals surface area contributed by atoms with Gasteiger partial charge in [-0.2, -0.15) is 0 Å². The van der Waals surface area contributed by atoms with Crippen LogP contribution < -0.4 is 21.3 Å². The normalized spacial score (nSPS) is 14.9. The van der Waals surface area contributed by atoms with Gasteiger partial charge in [0.1, 0.15) is 12.1 Å². The van der Waals surface area contributed by atoms with E-state index in [1.807, 2.05) is 113 Å². The van der Waals surface area contributed by atoms with Crippen molar-refractivity contribution in [3.05, 3.63) is 132 Å². The van der Waals surface area contributed by atoms with Crippen LogP contribution in [-0.4, -0.2) is 56.9 Å². The predicted octanol–water partition coefficient (Wildman–Crippen LogP) is 5.33. The lowest BCUT2D eigenvalue weighted by atomic mass is 9.86. The first kappa shape index (κ1) is 43.3. The molecule has 0 saturated heterocycles. The summed E-state index contributed by atoms with van der Waals surface area (Å²) in [4.78, 5) is 63.8. The number of pyridine rings is 2. The molecule has 4 rings (SSSR count). The summed E-state index contributed by atoms with van der Waals surface area (Å²) in [5, 5.41) is 23.6. The Hall–Kier alpha value is -5.42. The molecule has 0 spiro atoms. The first-order valence-electron chi connectivity index (χ1n) is 19.8. The molecule has 2 aromatic carbocycles. The fraction of sp³-hybridized carbons (Fsp3) is 0.422. The molecular formula is C45H58N6O5. The Labute approximate surface area is 331 Å². The van der Waals surface area contributed by atoms with Gasteiger partial charge in [-0.05, 0) is 72.9 Å². The summed E-state index contributed by atoms with van der Waals surface area (Å²) in [7, 11) is 0. The van der Waals surface area contributed by atoms with Crippen molar-refractivity contribution in [3.63, 3.8) is 0 Å². The van der Waals surface area contributed by atoms with Crippen LogP contribution in [0.15, 0.2) is 109 Å².